The molecule has 0 aliphatic heterocycles. The van der Waals surface area contributed by atoms with Crippen LogP contribution in [0.25, 0.3) is 4.96 Å². The fourth-order valence-corrected chi connectivity index (χ4v) is 2.50. The Balaban J connectivity index is 1.84. The Hall–Kier alpha value is -2.41. The van der Waals surface area contributed by atoms with Crippen LogP contribution in [-0.4, -0.2) is 14.6 Å². The lowest BCUT2D eigenvalue weighted by atomic mass is 10.2. The first-order valence-electron chi connectivity index (χ1n) is 5.95. The molecule has 0 bridgehead atoms. The maximum absolute atomic E-state index is 11.8. The normalized spacial score (nSPS) is 10.8. The van der Waals surface area contributed by atoms with Gasteiger partial charge in [-0.1, -0.05) is 11.3 Å². The molecule has 1 aromatic carbocycles. The number of hydrogen-bond acceptors (Lipinski definition) is 6. The Morgan fingerprint density at radius 1 is 1.40 bits per heavy atom. The second-order valence-electron chi connectivity index (χ2n) is 4.33. The summed E-state index contributed by atoms with van der Waals surface area (Å²) in [7, 11) is 0. The molecule has 3 rings (SSSR count). The third kappa shape index (κ3) is 2.35. The first-order chi connectivity index (χ1) is 9.63. The summed E-state index contributed by atoms with van der Waals surface area (Å²) in [6, 6.07) is 6.85. The molecule has 2 N–H and O–H groups in total. The highest BCUT2D eigenvalue weighted by atomic mass is 32.1. The summed E-state index contributed by atoms with van der Waals surface area (Å²) in [6.45, 7) is 2.15. The molecular weight excluding hydrogens is 276 g/mol. The molecule has 3 aromatic rings. The van der Waals surface area contributed by atoms with Crippen molar-refractivity contribution in [1.82, 2.24) is 14.6 Å². The number of rotatable bonds is 3. The van der Waals surface area contributed by atoms with Gasteiger partial charge in [0.05, 0.1) is 5.69 Å². The predicted molar refractivity (Wildman–Crippen MR) is 77.1 cm³/mol. The van der Waals surface area contributed by atoms with Gasteiger partial charge < -0.3 is 10.5 Å². The van der Waals surface area contributed by atoms with E-state index in [4.69, 9.17) is 10.5 Å². The molecule has 2 heterocycles. The Morgan fingerprint density at radius 2 is 2.25 bits per heavy atom. The number of nitrogens with zero attached hydrogens (tertiary/aromatic N) is 3. The molecule has 0 radical (unpaired) electrons. The number of fused-ring (bicyclic) bond motifs is 1. The van der Waals surface area contributed by atoms with Crippen LogP contribution in [0.3, 0.4) is 0 Å². The fourth-order valence-electron chi connectivity index (χ4n) is 1.86. The van der Waals surface area contributed by atoms with E-state index in [0.717, 1.165) is 11.3 Å². The molecule has 0 fully saturated rings. The number of ether oxygens (including phenoxy) is 1. The summed E-state index contributed by atoms with van der Waals surface area (Å²) in [5.41, 5.74) is 9.28. The number of hydrogen-bond donors (Lipinski definition) is 1. The molecule has 102 valence electrons. The van der Waals surface area contributed by atoms with Crippen molar-refractivity contribution in [2.24, 2.45) is 0 Å². The quantitative estimate of drug-likeness (QED) is 0.740. The van der Waals surface area contributed by atoms with E-state index in [2.05, 4.69) is 10.1 Å². The summed E-state index contributed by atoms with van der Waals surface area (Å²) in [5.74, 6) is 0.727. The summed E-state index contributed by atoms with van der Waals surface area (Å²) < 4.78 is 6.94. The van der Waals surface area contributed by atoms with Gasteiger partial charge in [-0.05, 0) is 30.7 Å². The predicted octanol–water partition coefficient (Wildman–Crippen LogP) is 1.62. The van der Waals surface area contributed by atoms with Crippen LogP contribution < -0.4 is 16.0 Å². The zero-order valence-corrected chi connectivity index (χ0v) is 11.6. The van der Waals surface area contributed by atoms with Crippen molar-refractivity contribution in [2.75, 3.05) is 5.73 Å². The smallest absolute Gasteiger partial charge is 0.275 e. The van der Waals surface area contributed by atoms with Gasteiger partial charge in [0.1, 0.15) is 17.9 Å². The van der Waals surface area contributed by atoms with E-state index in [1.165, 1.54) is 21.9 Å². The van der Waals surface area contributed by atoms with Crippen molar-refractivity contribution in [3.63, 3.8) is 0 Å². The van der Waals surface area contributed by atoms with Gasteiger partial charge in [-0.3, -0.25) is 4.79 Å². The van der Waals surface area contributed by atoms with E-state index in [0.29, 0.717) is 16.3 Å². The standard InChI is InChI=1S/C13H12N4O2S/c1-8-4-9(14)2-3-11(8)19-6-10-5-12(18)17-13(16-10)20-7-15-17/h2-5,7H,6,14H2,1H3. The van der Waals surface area contributed by atoms with E-state index < -0.39 is 0 Å². The third-order valence-corrected chi connectivity index (χ3v) is 3.49. The SMILES string of the molecule is Cc1cc(N)ccc1OCc1cc(=O)n2ncsc2n1. The summed E-state index contributed by atoms with van der Waals surface area (Å²) in [5, 5.41) is 3.91. The van der Waals surface area contributed by atoms with E-state index in [1.807, 2.05) is 19.1 Å². The lowest BCUT2D eigenvalue weighted by Crippen LogP contribution is -2.16. The van der Waals surface area contributed by atoms with E-state index >= 15 is 0 Å². The first kappa shape index (κ1) is 12.6. The van der Waals surface area contributed by atoms with Gasteiger partial charge in [0.2, 0.25) is 4.96 Å². The average molecular weight is 288 g/mol. The van der Waals surface area contributed by atoms with Crippen molar-refractivity contribution >= 4 is 22.0 Å². The van der Waals surface area contributed by atoms with Crippen molar-refractivity contribution in [3.8, 4) is 5.75 Å². The van der Waals surface area contributed by atoms with Crippen molar-refractivity contribution < 1.29 is 4.74 Å². The van der Waals surface area contributed by atoms with Gasteiger partial charge in [0, 0.05) is 11.8 Å². The second-order valence-corrected chi connectivity index (χ2v) is 5.14. The van der Waals surface area contributed by atoms with Gasteiger partial charge in [-0.15, -0.1) is 0 Å². The number of benzene rings is 1. The van der Waals surface area contributed by atoms with Crippen LogP contribution in [0.2, 0.25) is 0 Å². The van der Waals surface area contributed by atoms with Crippen LogP contribution in [0.5, 0.6) is 5.75 Å². The molecule has 0 saturated heterocycles. The Kier molecular flexibility index (Phi) is 3.11. The molecular formula is C13H12N4O2S. The molecule has 0 unspecified atom stereocenters. The molecule has 0 aliphatic carbocycles. The maximum Gasteiger partial charge on any atom is 0.275 e. The van der Waals surface area contributed by atoms with Crippen LogP contribution in [0.4, 0.5) is 5.69 Å². The van der Waals surface area contributed by atoms with Crippen molar-refractivity contribution in [1.29, 1.82) is 0 Å². The highest BCUT2D eigenvalue weighted by Crippen LogP contribution is 2.21. The lowest BCUT2D eigenvalue weighted by molar-refractivity contribution is 0.299. The van der Waals surface area contributed by atoms with Gasteiger partial charge in [-0.25, -0.2) is 4.98 Å². The summed E-state index contributed by atoms with van der Waals surface area (Å²) in [4.78, 5) is 16.7. The highest BCUT2D eigenvalue weighted by Gasteiger charge is 2.06. The minimum absolute atomic E-state index is 0.205. The van der Waals surface area contributed by atoms with Gasteiger partial charge >= 0.3 is 0 Å². The number of nitrogens with two attached hydrogens (primary N) is 1. The topological polar surface area (TPSA) is 82.5 Å². The number of anilines is 1. The number of aromatic nitrogens is 3. The highest BCUT2D eigenvalue weighted by molar-refractivity contribution is 7.14. The first-order valence-corrected chi connectivity index (χ1v) is 6.83. The van der Waals surface area contributed by atoms with Crippen molar-refractivity contribution in [3.05, 3.63) is 51.4 Å². The molecule has 0 amide bonds. The molecule has 0 saturated carbocycles. The Morgan fingerprint density at radius 3 is 3.05 bits per heavy atom. The number of nitrogen functional groups attached to an aromatic ring is 1. The fraction of sp³-hybridized carbons (Fsp3) is 0.154. The Labute approximate surface area is 118 Å². The van der Waals surface area contributed by atoms with Crippen LogP contribution >= 0.6 is 11.3 Å². The van der Waals surface area contributed by atoms with Gasteiger partial charge in [0.25, 0.3) is 5.56 Å². The molecule has 0 aliphatic rings. The maximum atomic E-state index is 11.8. The molecule has 6 nitrogen and oxygen atoms in total. The summed E-state index contributed by atoms with van der Waals surface area (Å²) in [6.07, 6.45) is 0. The summed E-state index contributed by atoms with van der Waals surface area (Å²) >= 11 is 1.31. The van der Waals surface area contributed by atoms with E-state index in [1.54, 1.807) is 11.6 Å². The largest absolute Gasteiger partial charge is 0.487 e. The molecule has 20 heavy (non-hydrogen) atoms. The zero-order valence-electron chi connectivity index (χ0n) is 10.7. The van der Waals surface area contributed by atoms with Crippen LogP contribution in [0.15, 0.2) is 34.6 Å². The zero-order chi connectivity index (χ0) is 14.1. The van der Waals surface area contributed by atoms with Crippen LogP contribution in [0.1, 0.15) is 11.3 Å². The molecule has 7 heteroatoms. The lowest BCUT2D eigenvalue weighted by Gasteiger charge is -2.09. The Bertz CT molecular complexity index is 825. The molecule has 0 atom stereocenters. The number of aryl methyl sites for hydroxylation is 1. The van der Waals surface area contributed by atoms with Gasteiger partial charge in [0.15, 0.2) is 0 Å². The minimum Gasteiger partial charge on any atom is -0.487 e. The van der Waals surface area contributed by atoms with E-state index in [-0.39, 0.29) is 12.2 Å². The van der Waals surface area contributed by atoms with Crippen LogP contribution in [-0.2, 0) is 6.61 Å². The minimum atomic E-state index is -0.205. The van der Waals surface area contributed by atoms with E-state index in [9.17, 15) is 4.79 Å². The molecule has 2 aromatic heterocycles. The third-order valence-electron chi connectivity index (χ3n) is 2.81. The van der Waals surface area contributed by atoms with Crippen molar-refractivity contribution in [2.45, 2.75) is 13.5 Å². The monoisotopic (exact) mass is 288 g/mol. The van der Waals surface area contributed by atoms with Gasteiger partial charge in [-0.2, -0.15) is 9.61 Å². The molecule has 0 spiro atoms. The average Bonchev–Trinajstić information content (AvgIpc) is 2.86. The second kappa shape index (κ2) is 4.93. The van der Waals surface area contributed by atoms with Crippen LogP contribution in [0, 0.1) is 6.92 Å².